The summed E-state index contributed by atoms with van der Waals surface area (Å²) in [5.74, 6) is 0. The van der Waals surface area contributed by atoms with Crippen molar-refractivity contribution >= 4 is 0 Å². The van der Waals surface area contributed by atoms with Gasteiger partial charge in [-0.2, -0.15) is 0 Å². The van der Waals surface area contributed by atoms with Crippen LogP contribution in [0.25, 0.3) is 0 Å². The van der Waals surface area contributed by atoms with Gasteiger partial charge >= 0.3 is 0 Å². The minimum absolute atomic E-state index is 0.402. The fraction of sp³-hybridized carbons (Fsp3) is 0.667. The Morgan fingerprint density at radius 3 is 2.86 bits per heavy atom. The Balaban J connectivity index is 2.09. The van der Waals surface area contributed by atoms with Crippen molar-refractivity contribution in [3.8, 4) is 0 Å². The second-order valence-corrected chi connectivity index (χ2v) is 6.13. The maximum atomic E-state index is 5.79. The predicted octanol–water partition coefficient (Wildman–Crippen LogP) is 3.06. The van der Waals surface area contributed by atoms with Crippen LogP contribution in [0.4, 0.5) is 0 Å². The summed E-state index contributed by atoms with van der Waals surface area (Å²) in [7, 11) is 0. The number of hydrogen-bond acceptors (Lipinski definition) is 3. The molecule has 1 fully saturated rings. The van der Waals surface area contributed by atoms with Gasteiger partial charge in [0.15, 0.2) is 0 Å². The molecule has 21 heavy (non-hydrogen) atoms. The predicted molar refractivity (Wildman–Crippen MR) is 88.8 cm³/mol. The summed E-state index contributed by atoms with van der Waals surface area (Å²) in [4.78, 5) is 2.55. The van der Waals surface area contributed by atoms with E-state index < -0.39 is 0 Å². The van der Waals surface area contributed by atoms with Crippen molar-refractivity contribution in [2.24, 2.45) is 0 Å². The van der Waals surface area contributed by atoms with E-state index in [2.05, 4.69) is 56.1 Å². The monoisotopic (exact) mass is 290 g/mol. The highest BCUT2D eigenvalue weighted by Gasteiger charge is 2.23. The van der Waals surface area contributed by atoms with Gasteiger partial charge in [-0.1, -0.05) is 37.6 Å². The van der Waals surface area contributed by atoms with Crippen molar-refractivity contribution < 1.29 is 4.74 Å². The smallest absolute Gasteiger partial charge is 0.0700 e. The molecule has 0 radical (unpaired) electrons. The molecule has 0 aromatic heterocycles. The van der Waals surface area contributed by atoms with Gasteiger partial charge in [0.2, 0.25) is 0 Å². The van der Waals surface area contributed by atoms with Crippen molar-refractivity contribution in [1.82, 2.24) is 10.2 Å². The lowest BCUT2D eigenvalue weighted by Crippen LogP contribution is -2.45. The lowest BCUT2D eigenvalue weighted by atomic mass is 9.98. The Morgan fingerprint density at radius 2 is 2.14 bits per heavy atom. The second kappa shape index (κ2) is 7.92. The van der Waals surface area contributed by atoms with E-state index in [1.165, 1.54) is 16.7 Å². The van der Waals surface area contributed by atoms with Gasteiger partial charge in [-0.3, -0.25) is 4.90 Å². The normalized spacial score (nSPS) is 21.4. The molecule has 118 valence electrons. The van der Waals surface area contributed by atoms with Crippen LogP contribution >= 0.6 is 0 Å². The molecule has 0 bridgehead atoms. The molecule has 0 aliphatic carbocycles. The number of hydrogen-bond donors (Lipinski definition) is 1. The minimum atomic E-state index is 0.402. The Labute approximate surface area is 129 Å². The van der Waals surface area contributed by atoms with E-state index in [9.17, 15) is 0 Å². The molecule has 1 saturated heterocycles. The number of nitrogens with zero attached hydrogens (tertiary/aromatic N) is 1. The summed E-state index contributed by atoms with van der Waals surface area (Å²) in [6.07, 6.45) is 1.51. The number of rotatable bonds is 6. The SMILES string of the molecule is CCNC(CN1CCOC(CC)C1)c1cc(C)ccc1C. The highest BCUT2D eigenvalue weighted by atomic mass is 16.5. The number of nitrogens with one attached hydrogen (secondary N) is 1. The number of ether oxygens (including phenoxy) is 1. The zero-order valence-electron chi connectivity index (χ0n) is 14.0. The van der Waals surface area contributed by atoms with Gasteiger partial charge in [0.05, 0.1) is 12.7 Å². The maximum Gasteiger partial charge on any atom is 0.0700 e. The van der Waals surface area contributed by atoms with Crippen LogP contribution in [0.2, 0.25) is 0 Å². The molecule has 2 rings (SSSR count). The molecule has 1 aromatic rings. The van der Waals surface area contributed by atoms with Gasteiger partial charge in [-0.25, -0.2) is 0 Å². The van der Waals surface area contributed by atoms with Gasteiger partial charge in [-0.15, -0.1) is 0 Å². The first-order chi connectivity index (χ1) is 10.1. The molecule has 0 amide bonds. The van der Waals surface area contributed by atoms with E-state index in [4.69, 9.17) is 4.74 Å². The van der Waals surface area contributed by atoms with Gasteiger partial charge in [-0.05, 0) is 37.9 Å². The van der Waals surface area contributed by atoms with E-state index >= 15 is 0 Å². The molecular weight excluding hydrogens is 260 g/mol. The van der Waals surface area contributed by atoms with Crippen LogP contribution in [-0.2, 0) is 4.74 Å². The molecule has 3 heteroatoms. The van der Waals surface area contributed by atoms with E-state index in [0.717, 1.165) is 39.2 Å². The van der Waals surface area contributed by atoms with Gasteiger partial charge in [0, 0.05) is 25.7 Å². The zero-order chi connectivity index (χ0) is 15.2. The van der Waals surface area contributed by atoms with E-state index in [1.54, 1.807) is 0 Å². The zero-order valence-corrected chi connectivity index (χ0v) is 14.0. The molecule has 1 aromatic carbocycles. The van der Waals surface area contributed by atoms with Crippen LogP contribution in [-0.4, -0.2) is 43.8 Å². The van der Waals surface area contributed by atoms with Crippen LogP contribution in [0.1, 0.15) is 43.0 Å². The number of benzene rings is 1. The van der Waals surface area contributed by atoms with Crippen molar-refractivity contribution in [2.45, 2.75) is 46.3 Å². The van der Waals surface area contributed by atoms with E-state index in [-0.39, 0.29) is 0 Å². The van der Waals surface area contributed by atoms with Crippen LogP contribution in [0, 0.1) is 13.8 Å². The van der Waals surface area contributed by atoms with Gasteiger partial charge in [0.1, 0.15) is 0 Å². The fourth-order valence-electron chi connectivity index (χ4n) is 3.11. The third kappa shape index (κ3) is 4.53. The number of aryl methyl sites for hydroxylation is 2. The summed E-state index contributed by atoms with van der Waals surface area (Å²) >= 11 is 0. The molecule has 1 heterocycles. The summed E-state index contributed by atoms with van der Waals surface area (Å²) < 4.78 is 5.79. The Hall–Kier alpha value is -0.900. The summed E-state index contributed by atoms with van der Waals surface area (Å²) in [6, 6.07) is 7.18. The Morgan fingerprint density at radius 1 is 1.33 bits per heavy atom. The average molecular weight is 290 g/mol. The standard InChI is InChI=1S/C18H30N2O/c1-5-16-12-20(9-10-21-16)13-18(19-6-2)17-11-14(3)7-8-15(17)4/h7-8,11,16,18-19H,5-6,9-10,12-13H2,1-4H3. The van der Waals surface area contributed by atoms with Crippen LogP contribution in [0.15, 0.2) is 18.2 Å². The third-order valence-corrected chi connectivity index (χ3v) is 4.38. The van der Waals surface area contributed by atoms with Crippen molar-refractivity contribution in [2.75, 3.05) is 32.8 Å². The largest absolute Gasteiger partial charge is 0.376 e. The number of likely N-dealkylation sites (N-methyl/N-ethyl adjacent to an activating group) is 1. The summed E-state index contributed by atoms with van der Waals surface area (Å²) in [5, 5.41) is 3.66. The van der Waals surface area contributed by atoms with Gasteiger partial charge < -0.3 is 10.1 Å². The molecule has 2 atom stereocenters. The summed E-state index contributed by atoms with van der Waals surface area (Å²) in [5.41, 5.74) is 4.16. The lowest BCUT2D eigenvalue weighted by molar-refractivity contribution is -0.0322. The number of morpholine rings is 1. The van der Waals surface area contributed by atoms with E-state index in [1.807, 2.05) is 0 Å². The molecule has 1 aliphatic rings. The Kier molecular flexibility index (Phi) is 6.22. The first-order valence-electron chi connectivity index (χ1n) is 8.28. The molecular formula is C18H30N2O. The van der Waals surface area contributed by atoms with Crippen LogP contribution in [0.3, 0.4) is 0 Å². The molecule has 0 spiro atoms. The fourth-order valence-corrected chi connectivity index (χ4v) is 3.11. The topological polar surface area (TPSA) is 24.5 Å². The second-order valence-electron chi connectivity index (χ2n) is 6.13. The lowest BCUT2D eigenvalue weighted by Gasteiger charge is -2.35. The van der Waals surface area contributed by atoms with Crippen LogP contribution < -0.4 is 5.32 Å². The van der Waals surface area contributed by atoms with Crippen molar-refractivity contribution in [3.63, 3.8) is 0 Å². The highest BCUT2D eigenvalue weighted by molar-refractivity contribution is 5.33. The Bertz CT molecular complexity index is 447. The first kappa shape index (κ1) is 16.5. The van der Waals surface area contributed by atoms with Crippen molar-refractivity contribution in [1.29, 1.82) is 0 Å². The molecule has 3 nitrogen and oxygen atoms in total. The maximum absolute atomic E-state index is 5.79. The average Bonchev–Trinajstić information content (AvgIpc) is 2.49. The summed E-state index contributed by atoms with van der Waals surface area (Å²) in [6.45, 7) is 13.8. The molecule has 1 N–H and O–H groups in total. The van der Waals surface area contributed by atoms with Crippen LogP contribution in [0.5, 0.6) is 0 Å². The quantitative estimate of drug-likeness (QED) is 0.871. The van der Waals surface area contributed by atoms with Gasteiger partial charge in [0.25, 0.3) is 0 Å². The minimum Gasteiger partial charge on any atom is -0.376 e. The van der Waals surface area contributed by atoms with Crippen molar-refractivity contribution in [3.05, 3.63) is 34.9 Å². The first-order valence-corrected chi connectivity index (χ1v) is 8.28. The molecule has 2 unspecified atom stereocenters. The molecule has 0 saturated carbocycles. The third-order valence-electron chi connectivity index (χ3n) is 4.38. The van der Waals surface area contributed by atoms with E-state index in [0.29, 0.717) is 12.1 Å². The molecule has 1 aliphatic heterocycles. The highest BCUT2D eigenvalue weighted by Crippen LogP contribution is 2.21.